The number of aromatic nitrogens is 1. The lowest BCUT2D eigenvalue weighted by atomic mass is 10.1. The van der Waals surface area contributed by atoms with Gasteiger partial charge in [0.05, 0.1) is 0 Å². The summed E-state index contributed by atoms with van der Waals surface area (Å²) in [6.45, 7) is 4.00. The van der Waals surface area contributed by atoms with Crippen molar-refractivity contribution >= 4 is 6.29 Å². The molecule has 0 unspecified atom stereocenters. The van der Waals surface area contributed by atoms with Crippen LogP contribution in [0.1, 0.15) is 37.2 Å². The van der Waals surface area contributed by atoms with Crippen LogP contribution in [0.25, 0.3) is 0 Å². The zero-order valence-corrected chi connectivity index (χ0v) is 9.10. The van der Waals surface area contributed by atoms with Gasteiger partial charge in [-0.1, -0.05) is 25.7 Å². The number of hydrogen-bond acceptors (Lipinski definition) is 2. The summed E-state index contributed by atoms with van der Waals surface area (Å²) in [4.78, 5) is 14.6. The van der Waals surface area contributed by atoms with Crippen molar-refractivity contribution in [1.82, 2.24) is 4.98 Å². The predicted octanol–water partition coefficient (Wildman–Crippen LogP) is 3.60. The van der Waals surface area contributed by atoms with Crippen molar-refractivity contribution in [3.63, 3.8) is 0 Å². The van der Waals surface area contributed by atoms with Crippen LogP contribution in [-0.2, 0) is 6.42 Å². The summed E-state index contributed by atoms with van der Waals surface area (Å²) in [6, 6.07) is 1.87. The van der Waals surface area contributed by atoms with E-state index in [2.05, 4.69) is 17.1 Å². The van der Waals surface area contributed by atoms with E-state index in [4.69, 9.17) is 0 Å². The van der Waals surface area contributed by atoms with Gasteiger partial charge in [-0.25, -0.2) is 0 Å². The molecule has 0 fully saturated rings. The fourth-order valence-corrected chi connectivity index (χ4v) is 1.38. The second-order valence-corrected chi connectivity index (χ2v) is 3.28. The topological polar surface area (TPSA) is 30.0 Å². The van der Waals surface area contributed by atoms with E-state index in [0.717, 1.165) is 18.3 Å². The zero-order valence-electron chi connectivity index (χ0n) is 9.10. The van der Waals surface area contributed by atoms with Crippen molar-refractivity contribution in [2.75, 3.05) is 0 Å². The predicted molar refractivity (Wildman–Crippen MR) is 68.6 cm³/mol. The van der Waals surface area contributed by atoms with Gasteiger partial charge in [0, 0.05) is 18.0 Å². The molecule has 0 aliphatic heterocycles. The molecule has 86 valence electrons. The lowest BCUT2D eigenvalue weighted by Crippen LogP contribution is -1.91. The minimum atomic E-state index is 0. The fraction of sp³-hybridized carbons (Fsp3) is 0.286. The molecule has 0 spiro atoms. The second-order valence-electron chi connectivity index (χ2n) is 3.28. The number of pyridine rings is 1. The molecule has 1 rings (SSSR count). The molecule has 0 N–H and O–H groups in total. The average molecular weight is 217 g/mol. The Balaban J connectivity index is 0.00000225. The zero-order chi connectivity index (χ0) is 11.1. The van der Waals surface area contributed by atoms with Crippen LogP contribution < -0.4 is 0 Å². The third-order valence-electron chi connectivity index (χ3n) is 2.11. The number of carbonyl (C=O) groups is 1. The van der Waals surface area contributed by atoms with Gasteiger partial charge in [0.1, 0.15) is 0 Å². The summed E-state index contributed by atoms with van der Waals surface area (Å²) in [7, 11) is 0. The Hall–Kier alpha value is -1.70. The molecule has 0 amide bonds. The summed E-state index contributed by atoms with van der Waals surface area (Å²) in [5, 5.41) is 0. The Morgan fingerprint density at radius 1 is 1.38 bits per heavy atom. The molecule has 0 radical (unpaired) electrons. The molecule has 0 aliphatic rings. The molecule has 0 atom stereocenters. The highest BCUT2D eigenvalue weighted by molar-refractivity contribution is 5.74. The van der Waals surface area contributed by atoms with Gasteiger partial charge in [0.2, 0.25) is 0 Å². The second kappa shape index (κ2) is 7.57. The van der Waals surface area contributed by atoms with Gasteiger partial charge >= 0.3 is 0 Å². The van der Waals surface area contributed by atoms with Crippen LogP contribution in [0.15, 0.2) is 42.3 Å². The molecule has 0 bridgehead atoms. The molecule has 0 aromatic carbocycles. The van der Waals surface area contributed by atoms with Crippen LogP contribution in [0.5, 0.6) is 0 Å². The van der Waals surface area contributed by atoms with E-state index < -0.39 is 0 Å². The third-order valence-corrected chi connectivity index (χ3v) is 2.11. The van der Waals surface area contributed by atoms with Crippen LogP contribution in [0.3, 0.4) is 0 Å². The van der Waals surface area contributed by atoms with Crippen LogP contribution in [0.2, 0.25) is 0 Å². The van der Waals surface area contributed by atoms with E-state index in [1.54, 1.807) is 12.4 Å². The molecule has 2 heteroatoms. The summed E-state index contributed by atoms with van der Waals surface area (Å²) in [6.07, 6.45) is 11.1. The van der Waals surface area contributed by atoms with E-state index in [-0.39, 0.29) is 7.43 Å². The first-order valence-electron chi connectivity index (χ1n) is 4.97. The number of rotatable bonds is 4. The fourth-order valence-electron chi connectivity index (χ4n) is 1.38. The Kier molecular flexibility index (Phi) is 6.77. The van der Waals surface area contributed by atoms with Crippen molar-refractivity contribution in [3.8, 4) is 0 Å². The lowest BCUT2D eigenvalue weighted by Gasteiger charge is -2.02. The molecule has 16 heavy (non-hydrogen) atoms. The van der Waals surface area contributed by atoms with Crippen molar-refractivity contribution in [2.24, 2.45) is 0 Å². The molecular weight excluding hydrogens is 198 g/mol. The van der Waals surface area contributed by atoms with Crippen molar-refractivity contribution in [2.45, 2.75) is 27.7 Å². The first kappa shape index (κ1) is 14.3. The molecule has 0 saturated heterocycles. The number of carbonyl (C=O) groups excluding carboxylic acids is 1. The Morgan fingerprint density at radius 2 is 2.12 bits per heavy atom. The highest BCUT2D eigenvalue weighted by atomic mass is 16.1. The molecule has 2 nitrogen and oxygen atoms in total. The first-order chi connectivity index (χ1) is 7.30. The standard InChI is InChI=1S/C13H15NO.CH4/c1-3-5-11(4-2)6-12-7-13(10-15)9-14-8-12;/h3-5,7-10H,6H2,1-2H3;1H4/b5-3-,11-4+;. The van der Waals surface area contributed by atoms with Crippen LogP contribution in [-0.4, -0.2) is 11.3 Å². The van der Waals surface area contributed by atoms with Crippen LogP contribution in [0, 0.1) is 0 Å². The Bertz CT molecular complexity index is 391. The van der Waals surface area contributed by atoms with Crippen molar-refractivity contribution in [1.29, 1.82) is 0 Å². The molecule has 0 aliphatic carbocycles. The maximum absolute atomic E-state index is 10.6. The van der Waals surface area contributed by atoms with Crippen molar-refractivity contribution in [3.05, 3.63) is 53.4 Å². The number of allylic oxidation sites excluding steroid dienone is 4. The number of nitrogens with zero attached hydrogens (tertiary/aromatic N) is 1. The quantitative estimate of drug-likeness (QED) is 0.570. The van der Waals surface area contributed by atoms with Gasteiger partial charge < -0.3 is 0 Å². The van der Waals surface area contributed by atoms with E-state index in [1.165, 1.54) is 5.57 Å². The van der Waals surface area contributed by atoms with Gasteiger partial charge in [0.25, 0.3) is 0 Å². The first-order valence-corrected chi connectivity index (χ1v) is 4.97. The molecule has 1 aromatic heterocycles. The van der Waals surface area contributed by atoms with E-state index in [0.29, 0.717) is 5.56 Å². The average Bonchev–Trinajstić information content (AvgIpc) is 2.29. The molecule has 0 saturated carbocycles. The SMILES string of the molecule is C.C/C=C\C(=C/C)Cc1cncc(C=O)c1. The van der Waals surface area contributed by atoms with E-state index in [1.807, 2.05) is 26.0 Å². The highest BCUT2D eigenvalue weighted by Gasteiger charge is 1.98. The summed E-state index contributed by atoms with van der Waals surface area (Å²) in [5.74, 6) is 0. The molecule has 1 heterocycles. The highest BCUT2D eigenvalue weighted by Crippen LogP contribution is 2.09. The van der Waals surface area contributed by atoms with Gasteiger partial charge in [0.15, 0.2) is 6.29 Å². The summed E-state index contributed by atoms with van der Waals surface area (Å²) < 4.78 is 0. The van der Waals surface area contributed by atoms with Crippen molar-refractivity contribution < 1.29 is 4.79 Å². The smallest absolute Gasteiger partial charge is 0.151 e. The maximum atomic E-state index is 10.6. The monoisotopic (exact) mass is 217 g/mol. The number of aldehydes is 1. The Labute approximate surface area is 97.7 Å². The van der Waals surface area contributed by atoms with Gasteiger partial charge in [-0.2, -0.15) is 0 Å². The van der Waals surface area contributed by atoms with Crippen LogP contribution in [0.4, 0.5) is 0 Å². The third kappa shape index (κ3) is 4.22. The van der Waals surface area contributed by atoms with Gasteiger partial charge in [-0.05, 0) is 37.5 Å². The molecular formula is C14H19NO. The largest absolute Gasteiger partial charge is 0.298 e. The van der Waals surface area contributed by atoms with Crippen LogP contribution >= 0.6 is 0 Å². The minimum absolute atomic E-state index is 0. The molecule has 1 aromatic rings. The normalized spacial score (nSPS) is 11.2. The number of hydrogen-bond donors (Lipinski definition) is 0. The maximum Gasteiger partial charge on any atom is 0.151 e. The van der Waals surface area contributed by atoms with Gasteiger partial charge in [-0.15, -0.1) is 0 Å². The summed E-state index contributed by atoms with van der Waals surface area (Å²) in [5.41, 5.74) is 2.91. The van der Waals surface area contributed by atoms with E-state index in [9.17, 15) is 4.79 Å². The van der Waals surface area contributed by atoms with E-state index >= 15 is 0 Å². The minimum Gasteiger partial charge on any atom is -0.298 e. The lowest BCUT2D eigenvalue weighted by molar-refractivity contribution is 0.112. The Morgan fingerprint density at radius 3 is 2.69 bits per heavy atom. The van der Waals surface area contributed by atoms with Gasteiger partial charge in [-0.3, -0.25) is 9.78 Å². The summed E-state index contributed by atoms with van der Waals surface area (Å²) >= 11 is 0.